The van der Waals surface area contributed by atoms with Gasteiger partial charge in [-0.25, -0.2) is 0 Å². The number of hydrogen-bond donors (Lipinski definition) is 2. The lowest BCUT2D eigenvalue weighted by atomic mass is 10.3. The van der Waals surface area contributed by atoms with Crippen LogP contribution in [0.1, 0.15) is 15.2 Å². The lowest BCUT2D eigenvalue weighted by Crippen LogP contribution is -2.35. The topological polar surface area (TPSA) is 58.6 Å². The van der Waals surface area contributed by atoms with Crippen LogP contribution in [0.5, 0.6) is 5.75 Å². The van der Waals surface area contributed by atoms with Gasteiger partial charge in [0.15, 0.2) is 0 Å². The molecular formula is C15H15Cl2NO3S. The fourth-order valence-electron chi connectivity index (χ4n) is 1.74. The maximum atomic E-state index is 11.9. The maximum Gasteiger partial charge on any atom is 0.261 e. The molecule has 0 radical (unpaired) electrons. The number of halogens is 2. The van der Waals surface area contributed by atoms with Gasteiger partial charge in [-0.05, 0) is 36.1 Å². The number of nitrogens with one attached hydrogen (secondary N) is 1. The third kappa shape index (κ3) is 4.36. The van der Waals surface area contributed by atoms with Crippen LogP contribution in [0.15, 0.2) is 29.6 Å². The van der Waals surface area contributed by atoms with Gasteiger partial charge in [-0.1, -0.05) is 29.3 Å². The zero-order chi connectivity index (χ0) is 16.1. The molecule has 0 bridgehead atoms. The van der Waals surface area contributed by atoms with Crippen molar-refractivity contribution in [1.29, 1.82) is 0 Å². The van der Waals surface area contributed by atoms with E-state index in [9.17, 15) is 9.90 Å². The molecule has 118 valence electrons. The minimum absolute atomic E-state index is 0.00373. The zero-order valence-corrected chi connectivity index (χ0v) is 14.1. The number of aryl methyl sites for hydroxylation is 1. The summed E-state index contributed by atoms with van der Waals surface area (Å²) in [7, 11) is 0. The van der Waals surface area contributed by atoms with Crippen LogP contribution in [0.3, 0.4) is 0 Å². The van der Waals surface area contributed by atoms with E-state index in [-0.39, 0.29) is 19.1 Å². The molecule has 4 nitrogen and oxygen atoms in total. The second-order valence-electron chi connectivity index (χ2n) is 4.66. The highest BCUT2D eigenvalue weighted by atomic mass is 35.5. The lowest BCUT2D eigenvalue weighted by molar-refractivity contribution is 0.0846. The van der Waals surface area contributed by atoms with Crippen LogP contribution >= 0.6 is 34.5 Å². The molecule has 1 amide bonds. The average Bonchev–Trinajstić information content (AvgIpc) is 2.92. The molecule has 0 saturated carbocycles. The van der Waals surface area contributed by atoms with Gasteiger partial charge in [0.2, 0.25) is 0 Å². The highest BCUT2D eigenvalue weighted by Crippen LogP contribution is 2.31. The molecule has 1 atom stereocenters. The largest absolute Gasteiger partial charge is 0.489 e. The summed E-state index contributed by atoms with van der Waals surface area (Å²) in [4.78, 5) is 12.6. The van der Waals surface area contributed by atoms with Gasteiger partial charge in [0, 0.05) is 6.54 Å². The molecule has 7 heteroatoms. The Kier molecular flexibility index (Phi) is 6.08. The van der Waals surface area contributed by atoms with Crippen LogP contribution in [0, 0.1) is 6.92 Å². The minimum atomic E-state index is -0.848. The molecule has 1 aromatic carbocycles. The smallest absolute Gasteiger partial charge is 0.261 e. The van der Waals surface area contributed by atoms with Gasteiger partial charge in [0.05, 0.1) is 9.90 Å². The molecule has 1 heterocycles. The molecule has 0 fully saturated rings. The van der Waals surface area contributed by atoms with Crippen molar-refractivity contribution in [1.82, 2.24) is 5.32 Å². The Balaban J connectivity index is 1.81. The van der Waals surface area contributed by atoms with Crippen molar-refractivity contribution in [2.45, 2.75) is 13.0 Å². The summed E-state index contributed by atoms with van der Waals surface area (Å²) in [6.07, 6.45) is -0.848. The summed E-state index contributed by atoms with van der Waals surface area (Å²) < 4.78 is 5.41. The van der Waals surface area contributed by atoms with Crippen LogP contribution in [-0.2, 0) is 0 Å². The van der Waals surface area contributed by atoms with Gasteiger partial charge < -0.3 is 15.2 Å². The van der Waals surface area contributed by atoms with Crippen LogP contribution in [-0.4, -0.2) is 30.3 Å². The van der Waals surface area contributed by atoms with Crippen molar-refractivity contribution in [2.24, 2.45) is 0 Å². The highest BCUT2D eigenvalue weighted by molar-refractivity contribution is 7.12. The summed E-state index contributed by atoms with van der Waals surface area (Å²) in [6, 6.07) is 6.89. The number of carbonyl (C=O) groups excluding carboxylic acids is 1. The second-order valence-corrected chi connectivity index (χ2v) is 6.36. The van der Waals surface area contributed by atoms with E-state index in [1.807, 2.05) is 18.4 Å². The van der Waals surface area contributed by atoms with E-state index in [2.05, 4.69) is 5.32 Å². The third-order valence-corrected chi connectivity index (χ3v) is 4.73. The van der Waals surface area contributed by atoms with Crippen LogP contribution in [0.4, 0.5) is 0 Å². The van der Waals surface area contributed by atoms with E-state index < -0.39 is 6.10 Å². The van der Waals surface area contributed by atoms with E-state index in [0.29, 0.717) is 20.7 Å². The number of rotatable bonds is 6. The van der Waals surface area contributed by atoms with Gasteiger partial charge in [-0.2, -0.15) is 0 Å². The lowest BCUT2D eigenvalue weighted by Gasteiger charge is -2.14. The Morgan fingerprint density at radius 2 is 2.18 bits per heavy atom. The van der Waals surface area contributed by atoms with Gasteiger partial charge in [0.25, 0.3) is 5.91 Å². The summed E-state index contributed by atoms with van der Waals surface area (Å²) in [6.45, 7) is 1.96. The number of benzene rings is 1. The molecular weight excluding hydrogens is 345 g/mol. The van der Waals surface area contributed by atoms with Crippen molar-refractivity contribution in [3.63, 3.8) is 0 Å². The first-order valence-electron chi connectivity index (χ1n) is 6.56. The monoisotopic (exact) mass is 359 g/mol. The highest BCUT2D eigenvalue weighted by Gasteiger charge is 2.13. The fourth-order valence-corrected chi connectivity index (χ4v) is 2.92. The van der Waals surface area contributed by atoms with E-state index in [1.165, 1.54) is 11.3 Å². The Morgan fingerprint density at radius 3 is 2.86 bits per heavy atom. The van der Waals surface area contributed by atoms with E-state index in [4.69, 9.17) is 27.9 Å². The first-order chi connectivity index (χ1) is 10.5. The summed E-state index contributed by atoms with van der Waals surface area (Å²) in [5, 5.41) is 15.1. The average molecular weight is 360 g/mol. The summed E-state index contributed by atoms with van der Waals surface area (Å²) >= 11 is 13.2. The molecule has 0 aliphatic heterocycles. The Hall–Kier alpha value is -1.27. The number of amides is 1. The van der Waals surface area contributed by atoms with Gasteiger partial charge in [0.1, 0.15) is 23.5 Å². The number of aliphatic hydroxyl groups excluding tert-OH is 1. The standard InChI is InChI=1S/C15H15Cl2NO3S/c1-9-5-6-22-14(9)15(20)18-7-10(19)8-21-12-4-2-3-11(16)13(12)17/h2-6,10,19H,7-8H2,1H3,(H,18,20). The predicted molar refractivity (Wildman–Crippen MR) is 89.4 cm³/mol. The van der Waals surface area contributed by atoms with E-state index >= 15 is 0 Å². The fraction of sp³-hybridized carbons (Fsp3) is 0.267. The molecule has 2 aromatic rings. The Bertz CT molecular complexity index is 660. The molecule has 1 unspecified atom stereocenters. The molecule has 1 aromatic heterocycles. The Morgan fingerprint density at radius 1 is 1.41 bits per heavy atom. The summed E-state index contributed by atoms with van der Waals surface area (Å²) in [5.74, 6) is 0.195. The van der Waals surface area contributed by atoms with Crippen LogP contribution in [0.25, 0.3) is 0 Å². The SMILES string of the molecule is Cc1ccsc1C(=O)NCC(O)COc1cccc(Cl)c1Cl. The van der Waals surface area contributed by atoms with Crippen molar-refractivity contribution in [2.75, 3.05) is 13.2 Å². The van der Waals surface area contributed by atoms with Crippen molar-refractivity contribution in [3.05, 3.63) is 50.1 Å². The minimum Gasteiger partial charge on any atom is -0.489 e. The zero-order valence-electron chi connectivity index (χ0n) is 11.8. The van der Waals surface area contributed by atoms with Crippen molar-refractivity contribution >= 4 is 40.4 Å². The van der Waals surface area contributed by atoms with E-state index in [1.54, 1.807) is 18.2 Å². The maximum absolute atomic E-state index is 11.9. The van der Waals surface area contributed by atoms with Gasteiger partial charge in [-0.3, -0.25) is 4.79 Å². The first-order valence-corrected chi connectivity index (χ1v) is 8.19. The Labute approximate surface area is 142 Å². The normalized spacial score (nSPS) is 12.0. The number of thiophene rings is 1. The van der Waals surface area contributed by atoms with Gasteiger partial charge >= 0.3 is 0 Å². The number of ether oxygens (including phenoxy) is 1. The quantitative estimate of drug-likeness (QED) is 0.829. The first kappa shape index (κ1) is 17.1. The van der Waals surface area contributed by atoms with Crippen LogP contribution < -0.4 is 10.1 Å². The number of aliphatic hydroxyl groups is 1. The van der Waals surface area contributed by atoms with E-state index in [0.717, 1.165) is 5.56 Å². The molecule has 0 spiro atoms. The van der Waals surface area contributed by atoms with Crippen LogP contribution in [0.2, 0.25) is 10.0 Å². The number of hydrogen-bond acceptors (Lipinski definition) is 4. The molecule has 22 heavy (non-hydrogen) atoms. The molecule has 2 N–H and O–H groups in total. The van der Waals surface area contributed by atoms with Crippen molar-refractivity contribution < 1.29 is 14.6 Å². The van der Waals surface area contributed by atoms with Gasteiger partial charge in [-0.15, -0.1) is 11.3 Å². The molecule has 0 saturated heterocycles. The molecule has 0 aliphatic carbocycles. The third-order valence-electron chi connectivity index (χ3n) is 2.91. The molecule has 2 rings (SSSR count). The second kappa shape index (κ2) is 7.83. The predicted octanol–water partition coefficient (Wildman–Crippen LogP) is 3.53. The number of carbonyl (C=O) groups is 1. The molecule has 0 aliphatic rings. The summed E-state index contributed by atoms with van der Waals surface area (Å²) in [5.41, 5.74) is 0.916. The van der Waals surface area contributed by atoms with Crippen molar-refractivity contribution in [3.8, 4) is 5.75 Å².